The van der Waals surface area contributed by atoms with Crippen LogP contribution in [0.3, 0.4) is 0 Å². The zero-order chi connectivity index (χ0) is 13.8. The molecular weight excluding hydrogens is 316 g/mol. The van der Waals surface area contributed by atoms with E-state index >= 15 is 0 Å². The van der Waals surface area contributed by atoms with Crippen LogP contribution in [0.15, 0.2) is 30.3 Å². The maximum absolute atomic E-state index is 13.1. The number of aryl methyl sites for hydroxylation is 1. The average Bonchev–Trinajstić information content (AvgIpc) is 2.41. The molecule has 2 aromatic rings. The van der Waals surface area contributed by atoms with Crippen molar-refractivity contribution in [2.75, 3.05) is 0 Å². The Morgan fingerprint density at radius 2 is 1.95 bits per heavy atom. The molecule has 0 aliphatic carbocycles. The van der Waals surface area contributed by atoms with Gasteiger partial charge in [0.05, 0.1) is 5.69 Å². The number of pyridine rings is 1. The van der Waals surface area contributed by atoms with Gasteiger partial charge in [-0.15, -0.1) is 0 Å². The van der Waals surface area contributed by atoms with Crippen molar-refractivity contribution < 1.29 is 13.5 Å². The first kappa shape index (κ1) is 13.9. The Morgan fingerprint density at radius 1 is 1.16 bits per heavy atom. The lowest BCUT2D eigenvalue weighted by atomic mass is 10.2. The third kappa shape index (κ3) is 3.50. The molecule has 1 heterocycles. The third-order valence-electron chi connectivity index (χ3n) is 2.58. The molecule has 0 radical (unpaired) electrons. The number of aromatic nitrogens is 1. The Hall–Kier alpha value is -1.49. The van der Waals surface area contributed by atoms with Gasteiger partial charge in [0, 0.05) is 11.0 Å². The Bertz CT molecular complexity index is 590. The minimum atomic E-state index is -0.871. The minimum Gasteiger partial charge on any atom is -0.487 e. The van der Waals surface area contributed by atoms with Crippen LogP contribution in [-0.4, -0.2) is 4.98 Å². The van der Waals surface area contributed by atoms with Gasteiger partial charge in [-0.05, 0) is 36.8 Å². The molecule has 0 N–H and O–H groups in total. The second kappa shape index (κ2) is 6.10. The molecule has 0 spiro atoms. The molecule has 0 aliphatic heterocycles. The molecule has 2 rings (SSSR count). The van der Waals surface area contributed by atoms with E-state index in [4.69, 9.17) is 4.74 Å². The molecule has 0 amide bonds. The van der Waals surface area contributed by atoms with E-state index in [9.17, 15) is 8.78 Å². The van der Waals surface area contributed by atoms with Crippen LogP contribution in [0.1, 0.15) is 17.0 Å². The summed E-state index contributed by atoms with van der Waals surface area (Å²) in [5.74, 6) is -1.10. The van der Waals surface area contributed by atoms with Gasteiger partial charge in [-0.25, -0.2) is 8.78 Å². The van der Waals surface area contributed by atoms with Crippen molar-refractivity contribution >= 4 is 15.9 Å². The number of benzene rings is 1. The van der Waals surface area contributed by atoms with E-state index in [1.165, 1.54) is 6.07 Å². The molecule has 100 valence electrons. The van der Waals surface area contributed by atoms with Gasteiger partial charge in [0.15, 0.2) is 11.6 Å². The Morgan fingerprint density at radius 3 is 2.63 bits per heavy atom. The summed E-state index contributed by atoms with van der Waals surface area (Å²) in [6.45, 7) is 2.06. The van der Waals surface area contributed by atoms with E-state index in [0.29, 0.717) is 16.6 Å². The lowest BCUT2D eigenvalue weighted by molar-refractivity contribution is 0.301. The van der Waals surface area contributed by atoms with E-state index in [1.54, 1.807) is 0 Å². The van der Waals surface area contributed by atoms with Crippen LogP contribution < -0.4 is 4.74 Å². The molecular formula is C14H12BrF2NO. The highest BCUT2D eigenvalue weighted by Gasteiger charge is 2.07. The van der Waals surface area contributed by atoms with Gasteiger partial charge in [0.25, 0.3) is 0 Å². The van der Waals surface area contributed by atoms with Crippen LogP contribution >= 0.6 is 15.9 Å². The van der Waals surface area contributed by atoms with Crippen molar-refractivity contribution in [2.24, 2.45) is 0 Å². The molecule has 0 aliphatic rings. The van der Waals surface area contributed by atoms with Gasteiger partial charge in [-0.3, -0.25) is 4.98 Å². The number of halogens is 3. The zero-order valence-corrected chi connectivity index (χ0v) is 11.9. The summed E-state index contributed by atoms with van der Waals surface area (Å²) in [6, 6.07) is 7.37. The Kier molecular flexibility index (Phi) is 4.47. The van der Waals surface area contributed by atoms with Crippen molar-refractivity contribution in [2.45, 2.75) is 18.9 Å². The summed E-state index contributed by atoms with van der Waals surface area (Å²) in [5, 5.41) is 0.571. The quantitative estimate of drug-likeness (QED) is 0.787. The first-order valence-electron chi connectivity index (χ1n) is 5.69. The number of rotatable bonds is 4. The monoisotopic (exact) mass is 327 g/mol. The highest BCUT2D eigenvalue weighted by molar-refractivity contribution is 9.08. The van der Waals surface area contributed by atoms with Gasteiger partial charge >= 0.3 is 0 Å². The largest absolute Gasteiger partial charge is 0.487 e. The summed E-state index contributed by atoms with van der Waals surface area (Å²) < 4.78 is 31.4. The van der Waals surface area contributed by atoms with E-state index in [0.717, 1.165) is 23.5 Å². The molecule has 0 saturated carbocycles. The second-order valence-corrected chi connectivity index (χ2v) is 4.63. The third-order valence-corrected chi connectivity index (χ3v) is 3.11. The number of hydrogen-bond donors (Lipinski definition) is 0. The number of alkyl halides is 1. The van der Waals surface area contributed by atoms with Crippen molar-refractivity contribution in [3.05, 3.63) is 58.9 Å². The van der Waals surface area contributed by atoms with Crippen LogP contribution in [0.4, 0.5) is 8.78 Å². The van der Waals surface area contributed by atoms with Crippen molar-refractivity contribution in [1.29, 1.82) is 0 Å². The standard InChI is InChI=1S/C14H12BrF2NO/c1-9-2-5-14(13(7-15)18-9)19-8-10-3-4-11(16)12(17)6-10/h2-6H,7-8H2,1H3. The van der Waals surface area contributed by atoms with Crippen molar-refractivity contribution in [3.63, 3.8) is 0 Å². The second-order valence-electron chi connectivity index (χ2n) is 4.07. The fourth-order valence-electron chi connectivity index (χ4n) is 1.62. The maximum atomic E-state index is 13.1. The average molecular weight is 328 g/mol. The molecule has 0 saturated heterocycles. The van der Waals surface area contributed by atoms with Gasteiger partial charge in [-0.1, -0.05) is 22.0 Å². The molecule has 0 bridgehead atoms. The lowest BCUT2D eigenvalue weighted by Crippen LogP contribution is -2.01. The predicted molar refractivity (Wildman–Crippen MR) is 72.3 cm³/mol. The number of hydrogen-bond acceptors (Lipinski definition) is 2. The first-order chi connectivity index (χ1) is 9.10. The van der Waals surface area contributed by atoms with Gasteiger partial charge in [0.1, 0.15) is 12.4 Å². The van der Waals surface area contributed by atoms with Crippen molar-refractivity contribution in [3.8, 4) is 5.75 Å². The van der Waals surface area contributed by atoms with E-state index in [1.807, 2.05) is 19.1 Å². The fourth-order valence-corrected chi connectivity index (χ4v) is 2.02. The summed E-state index contributed by atoms with van der Waals surface area (Å²) in [6.07, 6.45) is 0. The first-order valence-corrected chi connectivity index (χ1v) is 6.81. The van der Waals surface area contributed by atoms with E-state index in [-0.39, 0.29) is 6.61 Å². The van der Waals surface area contributed by atoms with Gasteiger partial charge in [-0.2, -0.15) is 0 Å². The molecule has 1 aromatic carbocycles. The molecule has 5 heteroatoms. The van der Waals surface area contributed by atoms with Gasteiger partial charge in [0.2, 0.25) is 0 Å². The Balaban J connectivity index is 2.12. The highest BCUT2D eigenvalue weighted by Crippen LogP contribution is 2.21. The molecule has 0 atom stereocenters. The topological polar surface area (TPSA) is 22.1 Å². The van der Waals surface area contributed by atoms with Crippen LogP contribution in [0, 0.1) is 18.6 Å². The molecule has 2 nitrogen and oxygen atoms in total. The van der Waals surface area contributed by atoms with E-state index in [2.05, 4.69) is 20.9 Å². The SMILES string of the molecule is Cc1ccc(OCc2ccc(F)c(F)c2)c(CBr)n1. The van der Waals surface area contributed by atoms with Crippen LogP contribution in [-0.2, 0) is 11.9 Å². The summed E-state index contributed by atoms with van der Waals surface area (Å²) >= 11 is 3.34. The highest BCUT2D eigenvalue weighted by atomic mass is 79.9. The predicted octanol–water partition coefficient (Wildman–Crippen LogP) is 4.14. The zero-order valence-electron chi connectivity index (χ0n) is 10.3. The minimum absolute atomic E-state index is 0.169. The van der Waals surface area contributed by atoms with Crippen LogP contribution in [0.5, 0.6) is 5.75 Å². The number of nitrogens with zero attached hydrogens (tertiary/aromatic N) is 1. The molecule has 19 heavy (non-hydrogen) atoms. The summed E-state index contributed by atoms with van der Waals surface area (Å²) in [7, 11) is 0. The maximum Gasteiger partial charge on any atom is 0.159 e. The normalized spacial score (nSPS) is 10.5. The van der Waals surface area contributed by atoms with Crippen LogP contribution in [0.25, 0.3) is 0 Å². The smallest absolute Gasteiger partial charge is 0.159 e. The molecule has 0 fully saturated rings. The fraction of sp³-hybridized carbons (Fsp3) is 0.214. The van der Waals surface area contributed by atoms with Crippen LogP contribution in [0.2, 0.25) is 0 Å². The number of ether oxygens (including phenoxy) is 1. The summed E-state index contributed by atoms with van der Waals surface area (Å²) in [5.41, 5.74) is 2.25. The van der Waals surface area contributed by atoms with E-state index < -0.39 is 11.6 Å². The van der Waals surface area contributed by atoms with Gasteiger partial charge < -0.3 is 4.74 Å². The summed E-state index contributed by atoms with van der Waals surface area (Å²) in [4.78, 5) is 4.33. The van der Waals surface area contributed by atoms with Crippen molar-refractivity contribution in [1.82, 2.24) is 4.98 Å². The molecule has 1 aromatic heterocycles. The molecule has 0 unspecified atom stereocenters. The Labute approximate surface area is 118 Å². The lowest BCUT2D eigenvalue weighted by Gasteiger charge is -2.10.